The van der Waals surface area contributed by atoms with Crippen molar-refractivity contribution in [1.29, 1.82) is 0 Å². The number of rotatable bonds is 3. The number of aromatic nitrogens is 2. The van der Waals surface area contributed by atoms with Crippen LogP contribution in [0.2, 0.25) is 0 Å². The fraction of sp³-hybridized carbons (Fsp3) is 0.357. The second kappa shape index (κ2) is 5.45. The molecule has 1 unspecified atom stereocenters. The summed E-state index contributed by atoms with van der Waals surface area (Å²) in [6, 6.07) is 8.59. The summed E-state index contributed by atoms with van der Waals surface area (Å²) in [6.07, 6.45) is 4.00. The van der Waals surface area contributed by atoms with Crippen LogP contribution in [0.25, 0.3) is 11.3 Å². The molecule has 3 rings (SSSR count). The van der Waals surface area contributed by atoms with E-state index in [9.17, 15) is 0 Å². The second-order valence-electron chi connectivity index (χ2n) is 4.69. The van der Waals surface area contributed by atoms with Crippen molar-refractivity contribution in [3.8, 4) is 11.3 Å². The topological polar surface area (TPSA) is 39.1 Å². The normalized spacial score (nSPS) is 22.8. The zero-order valence-electron chi connectivity index (χ0n) is 10.7. The molecule has 2 heterocycles. The van der Waals surface area contributed by atoms with Crippen LogP contribution in [0.5, 0.6) is 0 Å². The largest absolute Gasteiger partial charge is 0.378 e. The highest BCUT2D eigenvalue weighted by atomic mass is 79.9. The molecule has 4 nitrogen and oxygen atoms in total. The van der Waals surface area contributed by atoms with Gasteiger partial charge in [-0.1, -0.05) is 28.1 Å². The number of nitrogens with zero attached hydrogens (tertiary/aromatic N) is 2. The maximum atomic E-state index is 5.54. The molecule has 1 aromatic heterocycles. The van der Waals surface area contributed by atoms with Crippen LogP contribution < -0.4 is 5.32 Å². The molecule has 0 radical (unpaired) electrons. The number of hydrogen-bond acceptors (Lipinski definition) is 3. The third-order valence-electron chi connectivity index (χ3n) is 3.59. The van der Waals surface area contributed by atoms with Gasteiger partial charge in [0, 0.05) is 24.7 Å². The number of hydrogen-bond donors (Lipinski definition) is 1. The van der Waals surface area contributed by atoms with Crippen molar-refractivity contribution in [1.82, 2.24) is 14.9 Å². The summed E-state index contributed by atoms with van der Waals surface area (Å²) in [4.78, 5) is 4.30. The Labute approximate surface area is 120 Å². The summed E-state index contributed by atoms with van der Waals surface area (Å²) in [6.45, 7) is 1.80. The molecule has 2 atom stereocenters. The van der Waals surface area contributed by atoms with E-state index in [1.165, 1.54) is 5.56 Å². The smallest absolute Gasteiger partial charge is 0.0954 e. The number of halogens is 1. The van der Waals surface area contributed by atoms with Crippen LogP contribution in [0.1, 0.15) is 6.04 Å². The molecule has 0 bridgehead atoms. The van der Waals surface area contributed by atoms with Crippen LogP contribution in [-0.2, 0) is 4.74 Å². The minimum atomic E-state index is 0.198. The van der Waals surface area contributed by atoms with E-state index >= 15 is 0 Å². The van der Waals surface area contributed by atoms with Gasteiger partial charge >= 0.3 is 0 Å². The predicted molar refractivity (Wildman–Crippen MR) is 78.1 cm³/mol. The molecule has 5 heteroatoms. The highest BCUT2D eigenvalue weighted by Gasteiger charge is 2.29. The lowest BCUT2D eigenvalue weighted by molar-refractivity contribution is 0.0870. The molecule has 1 aliphatic heterocycles. The first-order chi connectivity index (χ1) is 9.29. The van der Waals surface area contributed by atoms with E-state index in [1.807, 2.05) is 24.7 Å². The SMILES string of the molecule is CO[C@H]1CNCC1n1cncc1-c1ccc(Br)cc1. The number of ether oxygens (including phenoxy) is 1. The monoisotopic (exact) mass is 321 g/mol. The average molecular weight is 322 g/mol. The maximum absolute atomic E-state index is 5.54. The lowest BCUT2D eigenvalue weighted by atomic mass is 10.1. The molecule has 1 saturated heterocycles. The van der Waals surface area contributed by atoms with Gasteiger partial charge in [-0.15, -0.1) is 0 Å². The lowest BCUT2D eigenvalue weighted by Gasteiger charge is -2.21. The van der Waals surface area contributed by atoms with Crippen molar-refractivity contribution in [2.75, 3.05) is 20.2 Å². The maximum Gasteiger partial charge on any atom is 0.0954 e. The Hall–Kier alpha value is -1.17. The first-order valence-electron chi connectivity index (χ1n) is 6.31. The van der Waals surface area contributed by atoms with E-state index in [1.54, 1.807) is 7.11 Å². The minimum Gasteiger partial charge on any atom is -0.378 e. The molecular weight excluding hydrogens is 306 g/mol. The van der Waals surface area contributed by atoms with E-state index in [-0.39, 0.29) is 6.10 Å². The molecule has 1 aromatic carbocycles. The summed E-state index contributed by atoms with van der Waals surface area (Å²) in [5.74, 6) is 0. The van der Waals surface area contributed by atoms with Crippen molar-refractivity contribution in [3.63, 3.8) is 0 Å². The molecule has 2 aromatic rings. The quantitative estimate of drug-likeness (QED) is 0.944. The van der Waals surface area contributed by atoms with Crippen LogP contribution in [-0.4, -0.2) is 35.9 Å². The van der Waals surface area contributed by atoms with E-state index in [2.05, 4.69) is 42.9 Å². The summed E-state index contributed by atoms with van der Waals surface area (Å²) >= 11 is 3.46. The van der Waals surface area contributed by atoms with Gasteiger partial charge in [-0.25, -0.2) is 4.98 Å². The van der Waals surface area contributed by atoms with Crippen molar-refractivity contribution in [3.05, 3.63) is 41.3 Å². The highest BCUT2D eigenvalue weighted by Crippen LogP contribution is 2.27. The average Bonchev–Trinajstić information content (AvgIpc) is 3.07. The molecule has 1 N–H and O–H groups in total. The van der Waals surface area contributed by atoms with Gasteiger partial charge in [-0.2, -0.15) is 0 Å². The van der Waals surface area contributed by atoms with Gasteiger partial charge in [0.2, 0.25) is 0 Å². The van der Waals surface area contributed by atoms with E-state index in [0.29, 0.717) is 6.04 Å². The fourth-order valence-corrected chi connectivity index (χ4v) is 2.84. The summed E-state index contributed by atoms with van der Waals surface area (Å²) in [7, 11) is 1.76. The van der Waals surface area contributed by atoms with Crippen molar-refractivity contribution < 1.29 is 4.74 Å². The van der Waals surface area contributed by atoms with Gasteiger partial charge < -0.3 is 14.6 Å². The zero-order chi connectivity index (χ0) is 13.2. The van der Waals surface area contributed by atoms with Gasteiger partial charge in [0.1, 0.15) is 0 Å². The van der Waals surface area contributed by atoms with Gasteiger partial charge in [0.15, 0.2) is 0 Å². The summed E-state index contributed by atoms with van der Waals surface area (Å²) in [5, 5.41) is 3.37. The fourth-order valence-electron chi connectivity index (χ4n) is 2.57. The first kappa shape index (κ1) is 12.8. The molecular formula is C14H16BrN3O. The van der Waals surface area contributed by atoms with Gasteiger partial charge in [-0.05, 0) is 17.7 Å². The molecule has 1 aliphatic rings. The summed E-state index contributed by atoms with van der Waals surface area (Å²) in [5.41, 5.74) is 2.30. The second-order valence-corrected chi connectivity index (χ2v) is 5.61. The molecule has 19 heavy (non-hydrogen) atoms. The Morgan fingerprint density at radius 1 is 1.32 bits per heavy atom. The molecule has 0 spiro atoms. The van der Waals surface area contributed by atoms with Crippen LogP contribution in [0.15, 0.2) is 41.3 Å². The minimum absolute atomic E-state index is 0.198. The Kier molecular flexibility index (Phi) is 3.68. The molecule has 100 valence electrons. The zero-order valence-corrected chi connectivity index (χ0v) is 12.3. The number of imidazole rings is 1. The van der Waals surface area contributed by atoms with Gasteiger partial charge in [0.25, 0.3) is 0 Å². The highest BCUT2D eigenvalue weighted by molar-refractivity contribution is 9.10. The van der Waals surface area contributed by atoms with E-state index in [0.717, 1.165) is 23.3 Å². The lowest BCUT2D eigenvalue weighted by Crippen LogP contribution is -2.24. The molecule has 0 aliphatic carbocycles. The van der Waals surface area contributed by atoms with Crippen LogP contribution in [0.3, 0.4) is 0 Å². The number of methoxy groups -OCH3 is 1. The number of nitrogens with one attached hydrogen (secondary N) is 1. The molecule has 0 saturated carbocycles. The van der Waals surface area contributed by atoms with Crippen LogP contribution in [0.4, 0.5) is 0 Å². The Morgan fingerprint density at radius 3 is 2.84 bits per heavy atom. The van der Waals surface area contributed by atoms with Crippen molar-refractivity contribution in [2.24, 2.45) is 0 Å². The van der Waals surface area contributed by atoms with Gasteiger partial charge in [-0.3, -0.25) is 0 Å². The van der Waals surface area contributed by atoms with Crippen molar-refractivity contribution in [2.45, 2.75) is 12.1 Å². The molecule has 0 amide bonds. The Morgan fingerprint density at radius 2 is 2.11 bits per heavy atom. The van der Waals surface area contributed by atoms with E-state index in [4.69, 9.17) is 4.74 Å². The standard InChI is InChI=1S/C14H16BrN3O/c1-19-14-8-16-7-13(14)18-9-17-6-12(18)10-2-4-11(15)5-3-10/h2-6,9,13-14,16H,7-8H2,1H3/t13?,14-/m0/s1. The number of benzene rings is 1. The third kappa shape index (κ3) is 2.45. The van der Waals surface area contributed by atoms with Gasteiger partial charge in [0.05, 0.1) is 30.4 Å². The predicted octanol–water partition coefficient (Wildman–Crippen LogP) is 2.47. The van der Waals surface area contributed by atoms with E-state index < -0.39 is 0 Å². The summed E-state index contributed by atoms with van der Waals surface area (Å²) < 4.78 is 8.83. The Bertz CT molecular complexity index is 552. The Balaban J connectivity index is 1.96. The third-order valence-corrected chi connectivity index (χ3v) is 4.12. The molecule has 1 fully saturated rings. The first-order valence-corrected chi connectivity index (χ1v) is 7.10. The van der Waals surface area contributed by atoms with Crippen LogP contribution >= 0.6 is 15.9 Å². The van der Waals surface area contributed by atoms with Crippen LogP contribution in [0, 0.1) is 0 Å². The van der Waals surface area contributed by atoms with Crippen molar-refractivity contribution >= 4 is 15.9 Å².